The summed E-state index contributed by atoms with van der Waals surface area (Å²) in [7, 11) is 3.45. The fourth-order valence-electron chi connectivity index (χ4n) is 1.55. The number of ether oxygens (including phenoxy) is 1. The van der Waals surface area contributed by atoms with E-state index in [9.17, 15) is 4.79 Å². The van der Waals surface area contributed by atoms with Crippen LogP contribution < -0.4 is 15.4 Å². The van der Waals surface area contributed by atoms with Crippen LogP contribution in [0.5, 0.6) is 5.75 Å². The van der Waals surface area contributed by atoms with E-state index in [1.165, 1.54) is 0 Å². The number of carbonyl (C=O) groups is 1. The molecule has 0 atom stereocenters. The van der Waals surface area contributed by atoms with Gasteiger partial charge >= 0.3 is 0 Å². The van der Waals surface area contributed by atoms with Crippen LogP contribution >= 0.6 is 0 Å². The number of hydrogen-bond acceptors (Lipinski definition) is 4. The molecule has 6 heteroatoms. The molecule has 0 saturated heterocycles. The summed E-state index contributed by atoms with van der Waals surface area (Å²) in [5.74, 6) is 1.69. The van der Waals surface area contributed by atoms with Gasteiger partial charge in [-0.05, 0) is 13.0 Å². The van der Waals surface area contributed by atoms with Gasteiger partial charge in [-0.3, -0.25) is 9.89 Å². The SMILES string of the molecule is CNc1cc(C)[nH]n1.COc1ccccc1CNC=O. The van der Waals surface area contributed by atoms with Crippen molar-refractivity contribution < 1.29 is 9.53 Å². The van der Waals surface area contributed by atoms with E-state index in [1.54, 1.807) is 7.11 Å². The summed E-state index contributed by atoms with van der Waals surface area (Å²) < 4.78 is 5.09. The lowest BCUT2D eigenvalue weighted by Crippen LogP contribution is -2.10. The smallest absolute Gasteiger partial charge is 0.207 e. The quantitative estimate of drug-likeness (QED) is 0.726. The Bertz CT molecular complexity index is 525. The van der Waals surface area contributed by atoms with Crippen molar-refractivity contribution in [1.82, 2.24) is 15.5 Å². The molecule has 0 unspecified atom stereocenters. The third-order valence-electron chi connectivity index (χ3n) is 2.53. The van der Waals surface area contributed by atoms with Crippen molar-refractivity contribution >= 4 is 12.2 Å². The molecule has 1 aromatic carbocycles. The maximum absolute atomic E-state index is 10.0. The van der Waals surface area contributed by atoms with Gasteiger partial charge in [0.25, 0.3) is 0 Å². The van der Waals surface area contributed by atoms with Crippen LogP contribution in [0, 0.1) is 6.92 Å². The van der Waals surface area contributed by atoms with Crippen LogP contribution in [0.4, 0.5) is 5.82 Å². The molecule has 1 amide bonds. The van der Waals surface area contributed by atoms with Crippen molar-refractivity contribution in [3.05, 3.63) is 41.6 Å². The molecule has 0 spiro atoms. The Morgan fingerprint density at radius 1 is 1.40 bits per heavy atom. The highest BCUT2D eigenvalue weighted by atomic mass is 16.5. The first kappa shape index (κ1) is 15.6. The first-order valence-corrected chi connectivity index (χ1v) is 6.20. The zero-order valence-electron chi connectivity index (χ0n) is 11.9. The second-order valence-electron chi connectivity index (χ2n) is 4.00. The Kier molecular flexibility index (Phi) is 6.67. The number of hydrogen-bond donors (Lipinski definition) is 3. The molecule has 20 heavy (non-hydrogen) atoms. The number of aryl methyl sites for hydroxylation is 1. The van der Waals surface area contributed by atoms with Crippen LogP contribution in [0.2, 0.25) is 0 Å². The third kappa shape index (κ3) is 5.01. The Labute approximate surface area is 118 Å². The number of anilines is 1. The summed E-state index contributed by atoms with van der Waals surface area (Å²) in [6, 6.07) is 9.52. The highest BCUT2D eigenvalue weighted by Gasteiger charge is 1.98. The lowest BCUT2D eigenvalue weighted by atomic mass is 10.2. The van der Waals surface area contributed by atoms with Crippen molar-refractivity contribution in [1.29, 1.82) is 0 Å². The van der Waals surface area contributed by atoms with Crippen LogP contribution in [0.3, 0.4) is 0 Å². The fourth-order valence-corrected chi connectivity index (χ4v) is 1.55. The molecule has 1 heterocycles. The minimum absolute atomic E-state index is 0.507. The number of rotatable bonds is 5. The van der Waals surface area contributed by atoms with Gasteiger partial charge in [0, 0.05) is 30.9 Å². The van der Waals surface area contributed by atoms with Crippen LogP contribution in [0.15, 0.2) is 30.3 Å². The van der Waals surface area contributed by atoms with E-state index in [1.807, 2.05) is 44.3 Å². The van der Waals surface area contributed by atoms with Crippen molar-refractivity contribution in [3.8, 4) is 5.75 Å². The number of carbonyl (C=O) groups excluding carboxylic acids is 1. The van der Waals surface area contributed by atoms with E-state index in [-0.39, 0.29) is 0 Å². The molecular formula is C14H20N4O2. The van der Waals surface area contributed by atoms with E-state index >= 15 is 0 Å². The van der Waals surface area contributed by atoms with Crippen LogP contribution in [0.25, 0.3) is 0 Å². The van der Waals surface area contributed by atoms with Gasteiger partial charge in [-0.1, -0.05) is 18.2 Å². The zero-order chi connectivity index (χ0) is 14.8. The average molecular weight is 276 g/mol. The number of aromatic nitrogens is 2. The van der Waals surface area contributed by atoms with Crippen molar-refractivity contribution in [2.24, 2.45) is 0 Å². The number of para-hydroxylation sites is 1. The first-order chi connectivity index (χ1) is 9.71. The first-order valence-electron chi connectivity index (χ1n) is 6.20. The molecule has 0 bridgehead atoms. The highest BCUT2D eigenvalue weighted by Crippen LogP contribution is 2.16. The number of nitrogens with one attached hydrogen (secondary N) is 3. The van der Waals surface area contributed by atoms with Gasteiger partial charge < -0.3 is 15.4 Å². The second kappa shape index (κ2) is 8.58. The maximum Gasteiger partial charge on any atom is 0.207 e. The van der Waals surface area contributed by atoms with E-state index in [2.05, 4.69) is 20.8 Å². The summed E-state index contributed by atoms with van der Waals surface area (Å²) in [4.78, 5) is 10.0. The predicted molar refractivity (Wildman–Crippen MR) is 78.8 cm³/mol. The number of nitrogens with zero attached hydrogens (tertiary/aromatic N) is 1. The van der Waals surface area contributed by atoms with Gasteiger partial charge in [0.2, 0.25) is 6.41 Å². The van der Waals surface area contributed by atoms with E-state index in [4.69, 9.17) is 4.74 Å². The van der Waals surface area contributed by atoms with Gasteiger partial charge in [-0.15, -0.1) is 0 Å². The van der Waals surface area contributed by atoms with E-state index < -0.39 is 0 Å². The molecule has 0 saturated carbocycles. The largest absolute Gasteiger partial charge is 0.496 e. The van der Waals surface area contributed by atoms with Crippen molar-refractivity contribution in [3.63, 3.8) is 0 Å². The standard InChI is InChI=1S/C9H11NO2.C5H9N3/c1-12-9-5-3-2-4-8(9)6-10-7-11;1-4-3-5(6-2)8-7-4/h2-5,7H,6H2,1H3,(H,10,11);3H,1-2H3,(H2,6,7,8). The third-order valence-corrected chi connectivity index (χ3v) is 2.53. The molecule has 0 fully saturated rings. The number of amides is 1. The average Bonchev–Trinajstić information content (AvgIpc) is 2.92. The molecule has 2 rings (SSSR count). The summed E-state index contributed by atoms with van der Waals surface area (Å²) >= 11 is 0. The normalized spacial score (nSPS) is 9.15. The monoisotopic (exact) mass is 276 g/mol. The van der Waals surface area contributed by atoms with Crippen molar-refractivity contribution in [2.75, 3.05) is 19.5 Å². The topological polar surface area (TPSA) is 79.0 Å². The molecule has 2 aromatic rings. The lowest BCUT2D eigenvalue weighted by molar-refractivity contribution is -0.109. The Balaban J connectivity index is 0.000000217. The van der Waals surface area contributed by atoms with Crippen LogP contribution in [-0.2, 0) is 11.3 Å². The van der Waals surface area contributed by atoms with Gasteiger partial charge in [0.15, 0.2) is 0 Å². The zero-order valence-corrected chi connectivity index (χ0v) is 11.9. The van der Waals surface area contributed by atoms with Gasteiger partial charge in [0.05, 0.1) is 7.11 Å². The minimum atomic E-state index is 0.507. The molecule has 1 aromatic heterocycles. The molecule has 0 radical (unpaired) electrons. The van der Waals surface area contributed by atoms with Gasteiger partial charge in [-0.2, -0.15) is 5.10 Å². The molecule has 108 valence electrons. The fraction of sp³-hybridized carbons (Fsp3) is 0.286. The molecule has 3 N–H and O–H groups in total. The van der Waals surface area contributed by atoms with E-state index in [0.29, 0.717) is 13.0 Å². The number of aromatic amines is 1. The molecular weight excluding hydrogens is 256 g/mol. The predicted octanol–water partition coefficient (Wildman–Crippen LogP) is 1.70. The Morgan fingerprint density at radius 2 is 2.15 bits per heavy atom. The molecule has 0 aliphatic heterocycles. The summed E-state index contributed by atoms with van der Waals surface area (Å²) in [5.41, 5.74) is 2.06. The van der Waals surface area contributed by atoms with Crippen molar-refractivity contribution in [2.45, 2.75) is 13.5 Å². The Hall–Kier alpha value is -2.50. The molecule has 0 aliphatic carbocycles. The Morgan fingerprint density at radius 3 is 2.65 bits per heavy atom. The van der Waals surface area contributed by atoms with Crippen LogP contribution in [-0.4, -0.2) is 30.8 Å². The maximum atomic E-state index is 10.0. The van der Waals surface area contributed by atoms with E-state index in [0.717, 1.165) is 22.8 Å². The lowest BCUT2D eigenvalue weighted by Gasteiger charge is -2.06. The molecule has 0 aliphatic rings. The highest BCUT2D eigenvalue weighted by molar-refractivity contribution is 5.47. The minimum Gasteiger partial charge on any atom is -0.496 e. The summed E-state index contributed by atoms with van der Waals surface area (Å²) in [5, 5.41) is 12.2. The van der Waals surface area contributed by atoms with Crippen LogP contribution in [0.1, 0.15) is 11.3 Å². The summed E-state index contributed by atoms with van der Waals surface area (Å²) in [6.45, 7) is 2.47. The second-order valence-corrected chi connectivity index (χ2v) is 4.00. The van der Waals surface area contributed by atoms with Gasteiger partial charge in [0.1, 0.15) is 11.6 Å². The van der Waals surface area contributed by atoms with Gasteiger partial charge in [-0.25, -0.2) is 0 Å². The molecule has 6 nitrogen and oxygen atoms in total. The summed E-state index contributed by atoms with van der Waals surface area (Å²) in [6.07, 6.45) is 0.673. The number of H-pyrrole nitrogens is 1. The number of benzene rings is 1. The number of methoxy groups -OCH3 is 1.